The lowest BCUT2D eigenvalue weighted by Crippen LogP contribution is -2.34. The first-order valence-electron chi connectivity index (χ1n) is 4.79. The summed E-state index contributed by atoms with van der Waals surface area (Å²) in [5.74, 6) is -0.752. The lowest BCUT2D eigenvalue weighted by Gasteiger charge is -2.11. The van der Waals surface area contributed by atoms with E-state index >= 15 is 0 Å². The Morgan fingerprint density at radius 2 is 2.25 bits per heavy atom. The Morgan fingerprint density at radius 3 is 2.81 bits per heavy atom. The largest absolute Gasteiger partial charge is 0.468 e. The molecular formula is C11H13ClFNO2. The lowest BCUT2D eigenvalue weighted by atomic mass is 10.2. The Labute approximate surface area is 98.5 Å². The van der Waals surface area contributed by atoms with Crippen molar-refractivity contribution in [2.24, 2.45) is 0 Å². The summed E-state index contributed by atoms with van der Waals surface area (Å²) in [7, 11) is 1.32. The quantitative estimate of drug-likeness (QED) is 0.826. The molecular weight excluding hydrogens is 233 g/mol. The topological polar surface area (TPSA) is 38.3 Å². The number of benzene rings is 1. The highest BCUT2D eigenvalue weighted by molar-refractivity contribution is 6.30. The molecule has 1 rings (SSSR count). The summed E-state index contributed by atoms with van der Waals surface area (Å²) in [5, 5.41) is 3.24. The van der Waals surface area contributed by atoms with E-state index in [1.807, 2.05) is 0 Å². The number of esters is 1. The molecule has 0 saturated heterocycles. The first-order valence-corrected chi connectivity index (χ1v) is 5.17. The first-order chi connectivity index (χ1) is 7.52. The van der Waals surface area contributed by atoms with Gasteiger partial charge in [0, 0.05) is 11.6 Å². The number of hydrogen-bond donors (Lipinski definition) is 1. The van der Waals surface area contributed by atoms with Gasteiger partial charge in [-0.05, 0) is 30.7 Å². The number of methoxy groups -OCH3 is 1. The normalized spacial score (nSPS) is 12.2. The molecule has 1 atom stereocenters. The molecule has 0 heterocycles. The molecule has 0 bridgehead atoms. The third-order valence-corrected chi connectivity index (χ3v) is 2.31. The van der Waals surface area contributed by atoms with Crippen LogP contribution in [0.15, 0.2) is 18.2 Å². The minimum Gasteiger partial charge on any atom is -0.468 e. The van der Waals surface area contributed by atoms with E-state index in [4.69, 9.17) is 11.6 Å². The highest BCUT2D eigenvalue weighted by atomic mass is 35.5. The number of ether oxygens (including phenoxy) is 1. The van der Waals surface area contributed by atoms with Crippen LogP contribution < -0.4 is 5.32 Å². The molecule has 0 aliphatic heterocycles. The Kier molecular flexibility index (Phi) is 4.71. The molecule has 0 aliphatic carbocycles. The van der Waals surface area contributed by atoms with Crippen LogP contribution in [0, 0.1) is 5.82 Å². The first kappa shape index (κ1) is 12.9. The van der Waals surface area contributed by atoms with E-state index < -0.39 is 11.9 Å². The Bertz CT molecular complexity index is 364. The molecule has 0 fully saturated rings. The number of carbonyl (C=O) groups excluding carboxylic acids is 1. The summed E-state index contributed by atoms with van der Waals surface area (Å²) < 4.78 is 17.5. The average molecular weight is 246 g/mol. The molecule has 0 amide bonds. The Morgan fingerprint density at radius 1 is 1.56 bits per heavy atom. The standard InChI is InChI=1S/C11H13ClFNO2/c1-7(11(15)16-2)14-6-8-3-9(12)5-10(13)4-8/h3-5,7,14H,6H2,1-2H3. The molecule has 0 aliphatic rings. The van der Waals surface area contributed by atoms with Crippen LogP contribution in [0.25, 0.3) is 0 Å². The molecule has 16 heavy (non-hydrogen) atoms. The second-order valence-electron chi connectivity index (χ2n) is 3.40. The van der Waals surface area contributed by atoms with E-state index in [1.165, 1.54) is 19.2 Å². The van der Waals surface area contributed by atoms with Crippen LogP contribution in [0.2, 0.25) is 5.02 Å². The SMILES string of the molecule is COC(=O)C(C)NCc1cc(F)cc(Cl)c1. The molecule has 88 valence electrons. The zero-order valence-electron chi connectivity index (χ0n) is 9.09. The number of hydrogen-bond acceptors (Lipinski definition) is 3. The van der Waals surface area contributed by atoms with Crippen molar-refractivity contribution in [3.8, 4) is 0 Å². The fourth-order valence-electron chi connectivity index (χ4n) is 1.24. The monoisotopic (exact) mass is 245 g/mol. The molecule has 1 unspecified atom stereocenters. The van der Waals surface area contributed by atoms with Gasteiger partial charge in [-0.3, -0.25) is 4.79 Å². The van der Waals surface area contributed by atoms with Crippen LogP contribution >= 0.6 is 11.6 Å². The zero-order valence-corrected chi connectivity index (χ0v) is 9.84. The van der Waals surface area contributed by atoms with Crippen LogP contribution in [0.5, 0.6) is 0 Å². The summed E-state index contributed by atoms with van der Waals surface area (Å²) in [6, 6.07) is 3.80. The van der Waals surface area contributed by atoms with Gasteiger partial charge < -0.3 is 10.1 Å². The van der Waals surface area contributed by atoms with Gasteiger partial charge in [-0.25, -0.2) is 4.39 Å². The van der Waals surface area contributed by atoms with Gasteiger partial charge in [0.15, 0.2) is 0 Å². The number of halogens is 2. The third-order valence-electron chi connectivity index (χ3n) is 2.09. The lowest BCUT2D eigenvalue weighted by molar-refractivity contribution is -0.142. The molecule has 1 N–H and O–H groups in total. The van der Waals surface area contributed by atoms with E-state index in [0.29, 0.717) is 17.1 Å². The molecule has 5 heteroatoms. The second kappa shape index (κ2) is 5.82. The maximum atomic E-state index is 13.0. The number of rotatable bonds is 4. The van der Waals surface area contributed by atoms with Gasteiger partial charge in [-0.15, -0.1) is 0 Å². The van der Waals surface area contributed by atoms with E-state index in [0.717, 1.165) is 0 Å². The molecule has 3 nitrogen and oxygen atoms in total. The van der Waals surface area contributed by atoms with Gasteiger partial charge in [-0.1, -0.05) is 11.6 Å². The Hall–Kier alpha value is -1.13. The van der Waals surface area contributed by atoms with Gasteiger partial charge >= 0.3 is 5.97 Å². The summed E-state index contributed by atoms with van der Waals surface area (Å²) >= 11 is 5.70. The maximum absolute atomic E-state index is 13.0. The van der Waals surface area contributed by atoms with Gasteiger partial charge in [0.25, 0.3) is 0 Å². The second-order valence-corrected chi connectivity index (χ2v) is 3.84. The van der Waals surface area contributed by atoms with Crippen LogP contribution in [0.4, 0.5) is 4.39 Å². The Balaban J connectivity index is 2.57. The minimum absolute atomic E-state index is 0.336. The van der Waals surface area contributed by atoms with Crippen molar-refractivity contribution >= 4 is 17.6 Å². The van der Waals surface area contributed by atoms with Crippen molar-refractivity contribution in [2.45, 2.75) is 19.5 Å². The third kappa shape index (κ3) is 3.79. The van der Waals surface area contributed by atoms with Crippen LogP contribution in [-0.2, 0) is 16.1 Å². The van der Waals surface area contributed by atoms with Crippen LogP contribution in [-0.4, -0.2) is 19.1 Å². The fourth-order valence-corrected chi connectivity index (χ4v) is 1.49. The maximum Gasteiger partial charge on any atom is 0.322 e. The molecule has 0 radical (unpaired) electrons. The predicted octanol–water partition coefficient (Wildman–Crippen LogP) is 2.13. The van der Waals surface area contributed by atoms with Crippen molar-refractivity contribution in [1.29, 1.82) is 0 Å². The van der Waals surface area contributed by atoms with Crippen LogP contribution in [0.3, 0.4) is 0 Å². The van der Waals surface area contributed by atoms with Gasteiger partial charge in [-0.2, -0.15) is 0 Å². The molecule has 0 spiro atoms. The molecule has 1 aromatic rings. The molecule has 0 saturated carbocycles. The average Bonchev–Trinajstić information content (AvgIpc) is 2.23. The summed E-state index contributed by atoms with van der Waals surface area (Å²) in [6.07, 6.45) is 0. The zero-order chi connectivity index (χ0) is 12.1. The highest BCUT2D eigenvalue weighted by Crippen LogP contribution is 2.13. The molecule has 1 aromatic carbocycles. The smallest absolute Gasteiger partial charge is 0.322 e. The highest BCUT2D eigenvalue weighted by Gasteiger charge is 2.11. The van der Waals surface area contributed by atoms with Crippen molar-refractivity contribution in [3.63, 3.8) is 0 Å². The summed E-state index contributed by atoms with van der Waals surface area (Å²) in [5.41, 5.74) is 0.681. The summed E-state index contributed by atoms with van der Waals surface area (Å²) in [4.78, 5) is 11.1. The van der Waals surface area contributed by atoms with Gasteiger partial charge in [0.1, 0.15) is 11.9 Å². The van der Waals surface area contributed by atoms with Crippen molar-refractivity contribution in [2.75, 3.05) is 7.11 Å². The van der Waals surface area contributed by atoms with E-state index in [1.54, 1.807) is 13.0 Å². The predicted molar refractivity (Wildman–Crippen MR) is 59.7 cm³/mol. The van der Waals surface area contributed by atoms with Crippen LogP contribution in [0.1, 0.15) is 12.5 Å². The van der Waals surface area contributed by atoms with Crippen molar-refractivity contribution in [3.05, 3.63) is 34.6 Å². The molecule has 0 aromatic heterocycles. The number of nitrogens with one attached hydrogen (secondary N) is 1. The van der Waals surface area contributed by atoms with E-state index in [9.17, 15) is 9.18 Å². The summed E-state index contributed by atoms with van der Waals surface area (Å²) in [6.45, 7) is 2.03. The van der Waals surface area contributed by atoms with E-state index in [2.05, 4.69) is 10.1 Å². The minimum atomic E-state index is -0.438. The van der Waals surface area contributed by atoms with Gasteiger partial charge in [0.05, 0.1) is 7.11 Å². The van der Waals surface area contributed by atoms with E-state index in [-0.39, 0.29) is 5.97 Å². The van der Waals surface area contributed by atoms with Crippen molar-refractivity contribution in [1.82, 2.24) is 5.32 Å². The fraction of sp³-hybridized carbons (Fsp3) is 0.364. The number of carbonyl (C=O) groups is 1. The van der Waals surface area contributed by atoms with Gasteiger partial charge in [0.2, 0.25) is 0 Å². The van der Waals surface area contributed by atoms with Crippen molar-refractivity contribution < 1.29 is 13.9 Å².